The molecule has 1 heterocycles. The van der Waals surface area contributed by atoms with Crippen molar-refractivity contribution in [3.05, 3.63) is 28.8 Å². The standard InChI is InChI=1S/C13H17ClN2O/c1-8(15)12(17)16-7-13(2,3)11-9(14)5-4-6-10(11)16/h4-6,8H,7,15H2,1-3H3/t8-/m1/s1. The van der Waals surface area contributed by atoms with Crippen LogP contribution in [0, 0.1) is 0 Å². The summed E-state index contributed by atoms with van der Waals surface area (Å²) in [4.78, 5) is 13.8. The molecule has 1 amide bonds. The summed E-state index contributed by atoms with van der Waals surface area (Å²) in [5, 5.41) is 0.715. The minimum atomic E-state index is -0.490. The molecule has 1 aromatic carbocycles. The van der Waals surface area contributed by atoms with Gasteiger partial charge in [0, 0.05) is 28.2 Å². The molecule has 1 atom stereocenters. The third-order valence-electron chi connectivity index (χ3n) is 3.17. The van der Waals surface area contributed by atoms with E-state index in [1.165, 1.54) is 0 Å². The maximum atomic E-state index is 12.1. The van der Waals surface area contributed by atoms with Crippen LogP contribution >= 0.6 is 11.6 Å². The smallest absolute Gasteiger partial charge is 0.243 e. The SMILES string of the molecule is C[C@@H](N)C(=O)N1CC(C)(C)c2c(Cl)cccc21. The highest BCUT2D eigenvalue weighted by Gasteiger charge is 2.39. The average molecular weight is 253 g/mol. The number of halogens is 1. The topological polar surface area (TPSA) is 46.3 Å². The van der Waals surface area contributed by atoms with Crippen molar-refractivity contribution in [3.8, 4) is 0 Å². The van der Waals surface area contributed by atoms with Gasteiger partial charge < -0.3 is 10.6 Å². The summed E-state index contributed by atoms with van der Waals surface area (Å²) in [6, 6.07) is 5.16. The van der Waals surface area contributed by atoms with E-state index < -0.39 is 6.04 Å². The number of benzene rings is 1. The van der Waals surface area contributed by atoms with E-state index in [4.69, 9.17) is 17.3 Å². The minimum Gasteiger partial charge on any atom is -0.320 e. The number of nitrogens with two attached hydrogens (primary N) is 1. The molecule has 1 aromatic rings. The molecule has 17 heavy (non-hydrogen) atoms. The number of hydrogen-bond donors (Lipinski definition) is 1. The molecule has 0 bridgehead atoms. The lowest BCUT2D eigenvalue weighted by Crippen LogP contribution is -2.43. The second kappa shape index (κ2) is 4.00. The maximum absolute atomic E-state index is 12.1. The largest absolute Gasteiger partial charge is 0.320 e. The summed E-state index contributed by atoms with van der Waals surface area (Å²) in [5.41, 5.74) is 7.48. The molecule has 1 aliphatic heterocycles. The first-order chi connectivity index (χ1) is 7.84. The molecular formula is C13H17ClN2O. The number of amides is 1. The van der Waals surface area contributed by atoms with Crippen molar-refractivity contribution in [2.45, 2.75) is 32.2 Å². The number of fused-ring (bicyclic) bond motifs is 1. The quantitative estimate of drug-likeness (QED) is 0.834. The number of carbonyl (C=O) groups is 1. The molecule has 1 aliphatic rings. The van der Waals surface area contributed by atoms with E-state index in [1.54, 1.807) is 11.8 Å². The Labute approximate surface area is 107 Å². The lowest BCUT2D eigenvalue weighted by Gasteiger charge is -2.22. The maximum Gasteiger partial charge on any atom is 0.243 e. The number of carbonyl (C=O) groups excluding carboxylic acids is 1. The predicted molar refractivity (Wildman–Crippen MR) is 70.5 cm³/mol. The van der Waals surface area contributed by atoms with Crippen LogP contribution in [0.2, 0.25) is 5.02 Å². The molecule has 0 fully saturated rings. The summed E-state index contributed by atoms with van der Waals surface area (Å²) < 4.78 is 0. The summed E-state index contributed by atoms with van der Waals surface area (Å²) in [7, 11) is 0. The summed E-state index contributed by atoms with van der Waals surface area (Å²) in [5.74, 6) is -0.0564. The van der Waals surface area contributed by atoms with Crippen molar-refractivity contribution >= 4 is 23.2 Å². The molecule has 0 saturated carbocycles. The zero-order chi connectivity index (χ0) is 12.8. The van der Waals surface area contributed by atoms with Gasteiger partial charge in [-0.2, -0.15) is 0 Å². The average Bonchev–Trinajstić information content (AvgIpc) is 2.51. The second-order valence-electron chi connectivity index (χ2n) is 5.23. The summed E-state index contributed by atoms with van der Waals surface area (Å²) in [6.45, 7) is 6.52. The van der Waals surface area contributed by atoms with Crippen LogP contribution < -0.4 is 10.6 Å². The van der Waals surface area contributed by atoms with Gasteiger partial charge in [0.2, 0.25) is 5.91 Å². The number of rotatable bonds is 1. The second-order valence-corrected chi connectivity index (χ2v) is 5.64. The predicted octanol–water partition coefficient (Wildman–Crippen LogP) is 2.31. The Bertz CT molecular complexity index is 468. The van der Waals surface area contributed by atoms with Gasteiger partial charge in [0.25, 0.3) is 0 Å². The minimum absolute atomic E-state index is 0.0564. The van der Waals surface area contributed by atoms with E-state index in [2.05, 4.69) is 13.8 Å². The summed E-state index contributed by atoms with van der Waals surface area (Å²) >= 11 is 6.23. The van der Waals surface area contributed by atoms with E-state index in [1.807, 2.05) is 18.2 Å². The van der Waals surface area contributed by atoms with Gasteiger partial charge >= 0.3 is 0 Å². The van der Waals surface area contributed by atoms with Gasteiger partial charge in [0.1, 0.15) is 0 Å². The number of nitrogens with zero attached hydrogens (tertiary/aromatic N) is 1. The van der Waals surface area contributed by atoms with E-state index in [0.717, 1.165) is 11.3 Å². The first-order valence-electron chi connectivity index (χ1n) is 5.70. The van der Waals surface area contributed by atoms with Gasteiger partial charge in [-0.3, -0.25) is 4.79 Å². The molecule has 0 unspecified atom stereocenters. The first-order valence-corrected chi connectivity index (χ1v) is 6.08. The van der Waals surface area contributed by atoms with Crippen LogP contribution in [0.15, 0.2) is 18.2 Å². The third kappa shape index (κ3) is 1.94. The fourth-order valence-electron chi connectivity index (χ4n) is 2.41. The van der Waals surface area contributed by atoms with Crippen LogP contribution in [0.25, 0.3) is 0 Å². The highest BCUT2D eigenvalue weighted by Crippen LogP contribution is 2.44. The fraction of sp³-hybridized carbons (Fsp3) is 0.462. The van der Waals surface area contributed by atoms with Crippen LogP contribution in [0.3, 0.4) is 0 Å². The van der Waals surface area contributed by atoms with Crippen molar-refractivity contribution in [2.75, 3.05) is 11.4 Å². The van der Waals surface area contributed by atoms with Gasteiger partial charge in [0.05, 0.1) is 6.04 Å². The van der Waals surface area contributed by atoms with Crippen LogP contribution in [0.1, 0.15) is 26.3 Å². The van der Waals surface area contributed by atoms with Crippen molar-refractivity contribution in [2.24, 2.45) is 5.73 Å². The van der Waals surface area contributed by atoms with Crippen molar-refractivity contribution in [1.82, 2.24) is 0 Å². The molecule has 92 valence electrons. The fourth-order valence-corrected chi connectivity index (χ4v) is 2.83. The van der Waals surface area contributed by atoms with E-state index in [-0.39, 0.29) is 11.3 Å². The van der Waals surface area contributed by atoms with Crippen molar-refractivity contribution in [3.63, 3.8) is 0 Å². The Balaban J connectivity index is 2.53. The van der Waals surface area contributed by atoms with Gasteiger partial charge in [-0.15, -0.1) is 0 Å². The molecule has 0 spiro atoms. The van der Waals surface area contributed by atoms with Crippen LogP contribution in [-0.4, -0.2) is 18.5 Å². The molecule has 0 saturated heterocycles. The highest BCUT2D eigenvalue weighted by molar-refractivity contribution is 6.32. The van der Waals surface area contributed by atoms with Crippen LogP contribution in [-0.2, 0) is 10.2 Å². The Hall–Kier alpha value is -1.06. The Morgan fingerprint density at radius 2 is 2.18 bits per heavy atom. The highest BCUT2D eigenvalue weighted by atomic mass is 35.5. The van der Waals surface area contributed by atoms with Gasteiger partial charge in [-0.25, -0.2) is 0 Å². The molecule has 0 aliphatic carbocycles. The van der Waals surface area contributed by atoms with Crippen molar-refractivity contribution in [1.29, 1.82) is 0 Å². The Morgan fingerprint density at radius 1 is 1.53 bits per heavy atom. The number of hydrogen-bond acceptors (Lipinski definition) is 2. The van der Waals surface area contributed by atoms with Gasteiger partial charge in [-0.05, 0) is 19.1 Å². The third-order valence-corrected chi connectivity index (χ3v) is 3.48. The van der Waals surface area contributed by atoms with Crippen LogP contribution in [0.5, 0.6) is 0 Å². The molecule has 4 heteroatoms. The molecule has 2 N–H and O–H groups in total. The van der Waals surface area contributed by atoms with E-state index >= 15 is 0 Å². The van der Waals surface area contributed by atoms with E-state index in [0.29, 0.717) is 11.6 Å². The van der Waals surface area contributed by atoms with E-state index in [9.17, 15) is 4.79 Å². The lowest BCUT2D eigenvalue weighted by atomic mass is 9.87. The van der Waals surface area contributed by atoms with Crippen molar-refractivity contribution < 1.29 is 4.79 Å². The lowest BCUT2D eigenvalue weighted by molar-refractivity contribution is -0.119. The van der Waals surface area contributed by atoms with Crippen LogP contribution in [0.4, 0.5) is 5.69 Å². The number of anilines is 1. The summed E-state index contributed by atoms with van der Waals surface area (Å²) in [6.07, 6.45) is 0. The molecule has 0 radical (unpaired) electrons. The first kappa shape index (κ1) is 12.4. The zero-order valence-electron chi connectivity index (χ0n) is 10.3. The molecular weight excluding hydrogens is 236 g/mol. The Morgan fingerprint density at radius 3 is 2.76 bits per heavy atom. The molecule has 3 nitrogen and oxygen atoms in total. The van der Waals surface area contributed by atoms with Gasteiger partial charge in [-0.1, -0.05) is 31.5 Å². The van der Waals surface area contributed by atoms with Gasteiger partial charge in [0.15, 0.2) is 0 Å². The Kier molecular flexibility index (Phi) is 2.92. The molecule has 2 rings (SSSR count). The zero-order valence-corrected chi connectivity index (χ0v) is 11.1. The monoisotopic (exact) mass is 252 g/mol. The molecule has 0 aromatic heterocycles. The normalized spacial score (nSPS) is 19.0.